The Morgan fingerprint density at radius 1 is 1.33 bits per heavy atom. The van der Waals surface area contributed by atoms with Crippen LogP contribution in [-0.4, -0.2) is 40.9 Å². The third-order valence-corrected chi connectivity index (χ3v) is 3.44. The summed E-state index contributed by atoms with van der Waals surface area (Å²) < 4.78 is 5.43. The highest BCUT2D eigenvalue weighted by Gasteiger charge is 2.32. The fourth-order valence-electron chi connectivity index (χ4n) is 2.58. The van der Waals surface area contributed by atoms with Crippen LogP contribution in [0.2, 0.25) is 0 Å². The van der Waals surface area contributed by atoms with Crippen molar-refractivity contribution in [3.63, 3.8) is 0 Å². The van der Waals surface area contributed by atoms with Crippen molar-refractivity contribution in [2.75, 3.05) is 13.2 Å². The minimum absolute atomic E-state index is 0.0114. The van der Waals surface area contributed by atoms with Gasteiger partial charge in [-0.25, -0.2) is 4.79 Å². The minimum atomic E-state index is -0.483. The van der Waals surface area contributed by atoms with E-state index in [1.165, 1.54) is 6.42 Å². The van der Waals surface area contributed by atoms with Crippen LogP contribution in [0.3, 0.4) is 0 Å². The van der Waals surface area contributed by atoms with Crippen LogP contribution in [0.5, 0.6) is 0 Å². The SMILES string of the molecule is CC1CCCCC1N(CCO)C(=O)OC(C)(C)C. The summed E-state index contributed by atoms with van der Waals surface area (Å²) in [5.74, 6) is 0.484. The van der Waals surface area contributed by atoms with Gasteiger partial charge in [-0.2, -0.15) is 0 Å². The van der Waals surface area contributed by atoms with E-state index in [2.05, 4.69) is 6.92 Å². The molecule has 1 rings (SSSR count). The van der Waals surface area contributed by atoms with Gasteiger partial charge in [0.15, 0.2) is 0 Å². The van der Waals surface area contributed by atoms with Crippen LogP contribution in [0, 0.1) is 5.92 Å². The molecular formula is C14H27NO3. The van der Waals surface area contributed by atoms with E-state index in [4.69, 9.17) is 9.84 Å². The average molecular weight is 257 g/mol. The molecule has 0 heterocycles. The minimum Gasteiger partial charge on any atom is -0.444 e. The van der Waals surface area contributed by atoms with Crippen molar-refractivity contribution in [1.82, 2.24) is 4.90 Å². The molecule has 0 saturated heterocycles. The molecule has 1 aliphatic carbocycles. The fourth-order valence-corrected chi connectivity index (χ4v) is 2.58. The van der Waals surface area contributed by atoms with E-state index in [-0.39, 0.29) is 18.7 Å². The van der Waals surface area contributed by atoms with E-state index in [1.54, 1.807) is 4.90 Å². The second-order valence-electron chi connectivity index (χ2n) is 6.23. The van der Waals surface area contributed by atoms with Crippen LogP contribution in [0.1, 0.15) is 53.4 Å². The Bertz CT molecular complexity index is 273. The monoisotopic (exact) mass is 257 g/mol. The quantitative estimate of drug-likeness (QED) is 0.845. The number of ether oxygens (including phenoxy) is 1. The third kappa shape index (κ3) is 4.48. The number of aliphatic hydroxyl groups excluding tert-OH is 1. The molecule has 1 fully saturated rings. The van der Waals surface area contributed by atoms with Crippen LogP contribution in [0.25, 0.3) is 0 Å². The predicted molar refractivity (Wildman–Crippen MR) is 71.4 cm³/mol. The van der Waals surface area contributed by atoms with Gasteiger partial charge in [0.25, 0.3) is 0 Å². The van der Waals surface area contributed by atoms with Crippen molar-refractivity contribution < 1.29 is 14.6 Å². The summed E-state index contributed by atoms with van der Waals surface area (Å²) in [5.41, 5.74) is -0.483. The lowest BCUT2D eigenvalue weighted by Crippen LogP contribution is -2.48. The number of hydrogen-bond acceptors (Lipinski definition) is 3. The van der Waals surface area contributed by atoms with Gasteiger partial charge in [-0.15, -0.1) is 0 Å². The van der Waals surface area contributed by atoms with Crippen molar-refractivity contribution in [2.45, 2.75) is 65.0 Å². The summed E-state index contributed by atoms with van der Waals surface area (Å²) in [6.45, 7) is 8.13. The molecule has 0 aromatic rings. The summed E-state index contributed by atoms with van der Waals surface area (Å²) in [6.07, 6.45) is 4.25. The summed E-state index contributed by atoms with van der Waals surface area (Å²) >= 11 is 0. The molecule has 0 bridgehead atoms. The lowest BCUT2D eigenvalue weighted by Gasteiger charge is -2.38. The molecule has 1 N–H and O–H groups in total. The zero-order valence-corrected chi connectivity index (χ0v) is 12.1. The summed E-state index contributed by atoms with van der Waals surface area (Å²) in [7, 11) is 0. The molecule has 0 spiro atoms. The Hall–Kier alpha value is -0.770. The molecule has 4 heteroatoms. The maximum Gasteiger partial charge on any atom is 0.410 e. The Morgan fingerprint density at radius 3 is 2.44 bits per heavy atom. The summed E-state index contributed by atoms with van der Waals surface area (Å²) in [4.78, 5) is 13.9. The molecule has 0 radical (unpaired) electrons. The maximum absolute atomic E-state index is 12.2. The Balaban J connectivity index is 2.71. The zero-order chi connectivity index (χ0) is 13.8. The standard InChI is InChI=1S/C14H27NO3/c1-11-7-5-6-8-12(11)15(9-10-16)13(17)18-14(2,3)4/h11-12,16H,5-10H2,1-4H3. The van der Waals surface area contributed by atoms with Crippen molar-refractivity contribution in [3.8, 4) is 0 Å². The van der Waals surface area contributed by atoms with Crippen molar-refractivity contribution >= 4 is 6.09 Å². The number of hydrogen-bond donors (Lipinski definition) is 1. The van der Waals surface area contributed by atoms with Gasteiger partial charge in [0, 0.05) is 12.6 Å². The first-order chi connectivity index (χ1) is 8.35. The molecule has 1 saturated carbocycles. The Labute approximate surface area is 110 Å². The molecule has 18 heavy (non-hydrogen) atoms. The van der Waals surface area contributed by atoms with Gasteiger partial charge in [0.1, 0.15) is 5.60 Å². The van der Waals surface area contributed by atoms with Gasteiger partial charge in [0.05, 0.1) is 6.61 Å². The first-order valence-electron chi connectivity index (χ1n) is 6.95. The van der Waals surface area contributed by atoms with E-state index < -0.39 is 5.60 Å². The molecule has 2 atom stereocenters. The fraction of sp³-hybridized carbons (Fsp3) is 0.929. The highest BCUT2D eigenvalue weighted by molar-refractivity contribution is 5.68. The molecule has 1 aliphatic rings. The molecule has 0 aliphatic heterocycles. The number of nitrogens with zero attached hydrogens (tertiary/aromatic N) is 1. The number of carbonyl (C=O) groups excluding carboxylic acids is 1. The van der Waals surface area contributed by atoms with Crippen LogP contribution in [-0.2, 0) is 4.74 Å². The molecular weight excluding hydrogens is 230 g/mol. The summed E-state index contributed by atoms with van der Waals surface area (Å²) in [6, 6.07) is 0.209. The van der Waals surface area contributed by atoms with Gasteiger partial charge < -0.3 is 14.7 Å². The summed E-state index contributed by atoms with van der Waals surface area (Å²) in [5, 5.41) is 9.15. The molecule has 2 unspecified atom stereocenters. The average Bonchev–Trinajstić information content (AvgIpc) is 2.24. The van der Waals surface area contributed by atoms with E-state index in [1.807, 2.05) is 20.8 Å². The van der Waals surface area contributed by atoms with E-state index in [9.17, 15) is 4.79 Å². The first-order valence-corrected chi connectivity index (χ1v) is 6.95. The Kier molecular flexibility index (Phi) is 5.45. The van der Waals surface area contributed by atoms with Gasteiger partial charge in [-0.1, -0.05) is 19.8 Å². The van der Waals surface area contributed by atoms with E-state index in [0.717, 1.165) is 19.3 Å². The predicted octanol–water partition coefficient (Wildman–Crippen LogP) is 2.79. The molecule has 1 amide bonds. The van der Waals surface area contributed by atoms with Crippen LogP contribution >= 0.6 is 0 Å². The lowest BCUT2D eigenvalue weighted by atomic mass is 9.85. The third-order valence-electron chi connectivity index (χ3n) is 3.44. The van der Waals surface area contributed by atoms with Crippen LogP contribution in [0.4, 0.5) is 4.79 Å². The molecule has 0 aromatic carbocycles. The van der Waals surface area contributed by atoms with Gasteiger partial charge in [-0.05, 0) is 39.5 Å². The Morgan fingerprint density at radius 2 is 1.94 bits per heavy atom. The van der Waals surface area contributed by atoms with Crippen molar-refractivity contribution in [3.05, 3.63) is 0 Å². The largest absolute Gasteiger partial charge is 0.444 e. The second kappa shape index (κ2) is 6.41. The normalized spacial score (nSPS) is 24.7. The van der Waals surface area contributed by atoms with Crippen molar-refractivity contribution in [1.29, 1.82) is 0 Å². The van der Waals surface area contributed by atoms with Gasteiger partial charge in [0.2, 0.25) is 0 Å². The van der Waals surface area contributed by atoms with Gasteiger partial charge >= 0.3 is 6.09 Å². The van der Waals surface area contributed by atoms with Gasteiger partial charge in [-0.3, -0.25) is 0 Å². The van der Waals surface area contributed by atoms with Crippen LogP contribution in [0.15, 0.2) is 0 Å². The highest BCUT2D eigenvalue weighted by Crippen LogP contribution is 2.29. The zero-order valence-electron chi connectivity index (χ0n) is 12.1. The highest BCUT2D eigenvalue weighted by atomic mass is 16.6. The van der Waals surface area contributed by atoms with Crippen molar-refractivity contribution in [2.24, 2.45) is 5.92 Å². The first kappa shape index (κ1) is 15.3. The lowest BCUT2D eigenvalue weighted by molar-refractivity contribution is 0.00113. The van der Waals surface area contributed by atoms with E-state index >= 15 is 0 Å². The number of aliphatic hydroxyl groups is 1. The molecule has 4 nitrogen and oxygen atoms in total. The molecule has 0 aromatic heterocycles. The molecule has 106 valence electrons. The maximum atomic E-state index is 12.2. The van der Waals surface area contributed by atoms with Crippen LogP contribution < -0.4 is 0 Å². The number of amides is 1. The smallest absolute Gasteiger partial charge is 0.410 e. The number of carbonyl (C=O) groups is 1. The van der Waals surface area contributed by atoms with E-state index in [0.29, 0.717) is 12.5 Å². The second-order valence-corrected chi connectivity index (χ2v) is 6.23. The topological polar surface area (TPSA) is 49.8 Å². The number of rotatable bonds is 3.